The van der Waals surface area contributed by atoms with E-state index in [-0.39, 0.29) is 35.5 Å². The second-order valence-corrected chi connectivity index (χ2v) is 8.53. The lowest BCUT2D eigenvalue weighted by Gasteiger charge is -2.23. The fourth-order valence-corrected chi connectivity index (χ4v) is 5.67. The number of hydrogen-bond donors (Lipinski definition) is 0. The highest BCUT2D eigenvalue weighted by molar-refractivity contribution is 6.42. The monoisotopic (exact) mass is 387 g/mol. The molecule has 2 saturated carbocycles. The lowest BCUT2D eigenvalue weighted by molar-refractivity contribution is -0.122. The van der Waals surface area contributed by atoms with Crippen molar-refractivity contribution < 1.29 is 9.59 Å². The van der Waals surface area contributed by atoms with Gasteiger partial charge in [-0.3, -0.25) is 9.59 Å². The van der Waals surface area contributed by atoms with Crippen molar-refractivity contribution >= 4 is 40.7 Å². The van der Waals surface area contributed by atoms with E-state index in [1.807, 2.05) is 0 Å². The average molecular weight is 388 g/mol. The summed E-state index contributed by atoms with van der Waals surface area (Å²) in [7, 11) is 0. The van der Waals surface area contributed by atoms with E-state index in [0.717, 1.165) is 12.8 Å². The molecular weight excluding hydrogens is 369 g/mol. The molecule has 26 heavy (non-hydrogen) atoms. The van der Waals surface area contributed by atoms with Crippen molar-refractivity contribution in [2.24, 2.45) is 23.7 Å². The van der Waals surface area contributed by atoms with Crippen molar-refractivity contribution in [3.8, 4) is 0 Å². The summed E-state index contributed by atoms with van der Waals surface area (Å²) in [6.45, 7) is 0. The minimum atomic E-state index is -0.253. The highest BCUT2D eigenvalue weighted by Crippen LogP contribution is 2.58. The van der Waals surface area contributed by atoms with Crippen LogP contribution in [0, 0.1) is 23.7 Å². The van der Waals surface area contributed by atoms with E-state index < -0.39 is 0 Å². The number of halogens is 2. The Labute approximate surface area is 162 Å². The first-order chi connectivity index (χ1) is 12.6. The van der Waals surface area contributed by atoms with E-state index in [0.29, 0.717) is 15.7 Å². The molecule has 3 aliphatic carbocycles. The number of anilines is 1. The topological polar surface area (TPSA) is 37.4 Å². The average Bonchev–Trinajstić information content (AvgIpc) is 3.28. The fraction of sp³-hybridized carbons (Fsp3) is 0.429. The maximum absolute atomic E-state index is 13.2. The standard InChI is InChI=1S/C21H19Cl2NO2/c22-15-9-6-12(10-16(15)23)24-20(25)18-13-7-8-14(19(18)21(24)26)17(13)11-4-2-1-3-5-11/h6-10,13-14,18-19H,1-5H2/t13?,14?,18-,19?/m0/s1. The Morgan fingerprint density at radius 1 is 0.846 bits per heavy atom. The van der Waals surface area contributed by atoms with Crippen molar-refractivity contribution in [2.75, 3.05) is 4.90 Å². The third kappa shape index (κ3) is 2.20. The van der Waals surface area contributed by atoms with Crippen molar-refractivity contribution in [3.63, 3.8) is 0 Å². The molecule has 5 heteroatoms. The Morgan fingerprint density at radius 3 is 2.04 bits per heavy atom. The van der Waals surface area contributed by atoms with Crippen LogP contribution in [0.25, 0.3) is 0 Å². The van der Waals surface area contributed by atoms with Crippen molar-refractivity contribution in [3.05, 3.63) is 51.5 Å². The first-order valence-electron chi connectivity index (χ1n) is 9.31. The summed E-state index contributed by atoms with van der Waals surface area (Å²) >= 11 is 12.1. The Bertz CT molecular complexity index is 846. The fourth-order valence-electron chi connectivity index (χ4n) is 5.38. The lowest BCUT2D eigenvalue weighted by atomic mass is 9.85. The van der Waals surface area contributed by atoms with Crippen LogP contribution in [-0.2, 0) is 9.59 Å². The van der Waals surface area contributed by atoms with Gasteiger partial charge in [0.25, 0.3) is 0 Å². The molecule has 1 saturated heterocycles. The number of rotatable bonds is 1. The minimum absolute atomic E-state index is 0.0934. The highest BCUT2D eigenvalue weighted by atomic mass is 35.5. The van der Waals surface area contributed by atoms with Crippen LogP contribution in [0.3, 0.4) is 0 Å². The molecule has 1 heterocycles. The van der Waals surface area contributed by atoms with Crippen LogP contribution in [-0.4, -0.2) is 11.8 Å². The summed E-state index contributed by atoms with van der Waals surface area (Å²) in [5.74, 6) is -0.495. The van der Waals surface area contributed by atoms with Gasteiger partial charge in [0.1, 0.15) is 0 Å². The first kappa shape index (κ1) is 16.6. The molecule has 2 bridgehead atoms. The molecule has 4 atom stereocenters. The van der Waals surface area contributed by atoms with E-state index in [1.165, 1.54) is 35.3 Å². The highest BCUT2D eigenvalue weighted by Gasteiger charge is 2.62. The van der Waals surface area contributed by atoms with Crippen LogP contribution in [0.5, 0.6) is 0 Å². The molecule has 1 aromatic rings. The van der Waals surface area contributed by atoms with Crippen LogP contribution < -0.4 is 4.90 Å². The molecule has 0 aromatic heterocycles. The van der Waals surface area contributed by atoms with Gasteiger partial charge in [-0.05, 0) is 43.9 Å². The number of allylic oxidation sites excluding steroid dienone is 4. The predicted molar refractivity (Wildman–Crippen MR) is 102 cm³/mol. The minimum Gasteiger partial charge on any atom is -0.274 e. The maximum atomic E-state index is 13.2. The molecule has 3 unspecified atom stereocenters. The largest absolute Gasteiger partial charge is 0.274 e. The van der Waals surface area contributed by atoms with Gasteiger partial charge in [0.2, 0.25) is 11.8 Å². The molecule has 0 radical (unpaired) electrons. The maximum Gasteiger partial charge on any atom is 0.238 e. The third-order valence-electron chi connectivity index (χ3n) is 6.44. The Morgan fingerprint density at radius 2 is 1.46 bits per heavy atom. The number of imide groups is 1. The number of carbonyl (C=O) groups is 2. The molecule has 3 nitrogen and oxygen atoms in total. The Balaban J connectivity index is 1.53. The van der Waals surface area contributed by atoms with E-state index in [9.17, 15) is 9.59 Å². The summed E-state index contributed by atoms with van der Waals surface area (Å²) < 4.78 is 0. The lowest BCUT2D eigenvalue weighted by Crippen LogP contribution is -2.33. The number of fused-ring (bicyclic) bond motifs is 5. The van der Waals surface area contributed by atoms with Gasteiger partial charge in [0.15, 0.2) is 0 Å². The molecule has 3 fully saturated rings. The third-order valence-corrected chi connectivity index (χ3v) is 7.18. The van der Waals surface area contributed by atoms with Crippen LogP contribution in [0.4, 0.5) is 5.69 Å². The van der Waals surface area contributed by atoms with Crippen molar-refractivity contribution in [2.45, 2.75) is 32.1 Å². The van der Waals surface area contributed by atoms with Crippen molar-refractivity contribution in [1.29, 1.82) is 0 Å². The second-order valence-electron chi connectivity index (χ2n) is 7.72. The summed E-state index contributed by atoms with van der Waals surface area (Å²) in [5.41, 5.74) is 3.41. The van der Waals surface area contributed by atoms with Gasteiger partial charge < -0.3 is 0 Å². The van der Waals surface area contributed by atoms with Gasteiger partial charge in [-0.15, -0.1) is 0 Å². The van der Waals surface area contributed by atoms with Crippen LogP contribution in [0.1, 0.15) is 32.1 Å². The summed E-state index contributed by atoms with van der Waals surface area (Å²) in [4.78, 5) is 27.7. The van der Waals surface area contributed by atoms with E-state index in [1.54, 1.807) is 18.2 Å². The van der Waals surface area contributed by atoms with Crippen LogP contribution in [0.2, 0.25) is 10.0 Å². The molecule has 1 aromatic carbocycles. The predicted octanol–water partition coefficient (Wildman–Crippen LogP) is 5.18. The van der Waals surface area contributed by atoms with Gasteiger partial charge in [-0.25, -0.2) is 4.90 Å². The van der Waals surface area contributed by atoms with Crippen LogP contribution >= 0.6 is 23.2 Å². The van der Waals surface area contributed by atoms with Gasteiger partial charge in [-0.1, -0.05) is 52.9 Å². The number of hydrogen-bond acceptors (Lipinski definition) is 2. The second kappa shape index (κ2) is 5.97. The van der Waals surface area contributed by atoms with Crippen molar-refractivity contribution in [1.82, 2.24) is 0 Å². The molecule has 1 aliphatic heterocycles. The van der Waals surface area contributed by atoms with Gasteiger partial charge in [0, 0.05) is 11.8 Å². The zero-order chi connectivity index (χ0) is 18.0. The first-order valence-corrected chi connectivity index (χ1v) is 10.1. The zero-order valence-corrected chi connectivity index (χ0v) is 15.8. The zero-order valence-electron chi connectivity index (χ0n) is 14.3. The van der Waals surface area contributed by atoms with Gasteiger partial charge >= 0.3 is 0 Å². The van der Waals surface area contributed by atoms with E-state index >= 15 is 0 Å². The molecule has 0 N–H and O–H groups in total. The Hall–Kier alpha value is -1.58. The molecule has 134 valence electrons. The molecule has 0 spiro atoms. The molecule has 2 amide bonds. The summed E-state index contributed by atoms with van der Waals surface area (Å²) in [6, 6.07) is 4.94. The summed E-state index contributed by atoms with van der Waals surface area (Å²) in [5, 5.41) is 0.772. The number of benzene rings is 1. The summed E-state index contributed by atoms with van der Waals surface area (Å²) in [6.07, 6.45) is 10.3. The van der Waals surface area contributed by atoms with Gasteiger partial charge in [0.05, 0.1) is 27.6 Å². The number of carbonyl (C=O) groups excluding carboxylic acids is 2. The molecule has 5 rings (SSSR count). The number of nitrogens with zero attached hydrogens (tertiary/aromatic N) is 1. The smallest absolute Gasteiger partial charge is 0.238 e. The van der Waals surface area contributed by atoms with E-state index in [4.69, 9.17) is 23.2 Å². The Kier molecular flexibility index (Phi) is 3.81. The van der Waals surface area contributed by atoms with E-state index in [2.05, 4.69) is 12.2 Å². The van der Waals surface area contributed by atoms with Gasteiger partial charge in [-0.2, -0.15) is 0 Å². The van der Waals surface area contributed by atoms with Crippen LogP contribution in [0.15, 0.2) is 41.5 Å². The quantitative estimate of drug-likeness (QED) is 0.491. The number of amides is 2. The SMILES string of the molecule is O=C1C2C3C=CC(C3=C3CCCCC3)[C@@H]2C(=O)N1c1ccc(Cl)c(Cl)c1. The normalized spacial score (nSPS) is 32.8. The molecule has 4 aliphatic rings. The molecular formula is C21H19Cl2NO2.